The highest BCUT2D eigenvalue weighted by Gasteiger charge is 2.15. The molecule has 0 saturated heterocycles. The van der Waals surface area contributed by atoms with Crippen LogP contribution in [0.1, 0.15) is 11.1 Å². The maximum atomic E-state index is 11.6. The van der Waals surface area contributed by atoms with Crippen molar-refractivity contribution >= 4 is 17.3 Å². The number of nitrogen functional groups attached to an aromatic ring is 1. The summed E-state index contributed by atoms with van der Waals surface area (Å²) in [6, 6.07) is 11.7. The minimum absolute atomic E-state index is 0.0445. The van der Waals surface area contributed by atoms with Crippen LogP contribution in [0.3, 0.4) is 0 Å². The molecule has 4 heteroatoms. The quantitative estimate of drug-likeness (QED) is 0.749. The summed E-state index contributed by atoms with van der Waals surface area (Å²) in [4.78, 5) is 11.6. The lowest BCUT2D eigenvalue weighted by atomic mass is 9.94. The van der Waals surface area contributed by atoms with Crippen LogP contribution in [0.2, 0.25) is 0 Å². The second kappa shape index (κ2) is 5.75. The summed E-state index contributed by atoms with van der Waals surface area (Å²) >= 11 is 0. The molecule has 0 saturated carbocycles. The summed E-state index contributed by atoms with van der Waals surface area (Å²) < 4.78 is 0. The van der Waals surface area contributed by atoms with E-state index in [-0.39, 0.29) is 12.5 Å². The van der Waals surface area contributed by atoms with E-state index < -0.39 is 0 Å². The fraction of sp³-hybridized carbons (Fsp3) is 0.188. The first-order chi connectivity index (χ1) is 9.54. The average molecular weight is 269 g/mol. The van der Waals surface area contributed by atoms with Crippen LogP contribution < -0.4 is 16.8 Å². The van der Waals surface area contributed by atoms with Crippen molar-refractivity contribution in [3.05, 3.63) is 47.5 Å². The molecular weight excluding hydrogens is 250 g/mol. The molecule has 2 aromatic carbocycles. The Morgan fingerprint density at radius 2 is 1.85 bits per heavy atom. The lowest BCUT2D eigenvalue weighted by molar-refractivity contribution is -0.114. The Hall–Kier alpha value is -2.33. The number of benzene rings is 2. The van der Waals surface area contributed by atoms with Gasteiger partial charge in [-0.2, -0.15) is 0 Å². The van der Waals surface area contributed by atoms with Crippen molar-refractivity contribution in [3.63, 3.8) is 0 Å². The van der Waals surface area contributed by atoms with Crippen LogP contribution in [-0.4, -0.2) is 12.5 Å². The first kappa shape index (κ1) is 14.1. The van der Waals surface area contributed by atoms with Crippen molar-refractivity contribution in [2.45, 2.75) is 13.8 Å². The highest BCUT2D eigenvalue weighted by atomic mass is 16.1. The predicted molar refractivity (Wildman–Crippen MR) is 83.4 cm³/mol. The molecule has 2 rings (SSSR count). The van der Waals surface area contributed by atoms with E-state index in [0.29, 0.717) is 5.69 Å². The Balaban J connectivity index is 2.66. The van der Waals surface area contributed by atoms with E-state index in [1.165, 1.54) is 0 Å². The Bertz CT molecular complexity index is 636. The van der Waals surface area contributed by atoms with Crippen molar-refractivity contribution in [3.8, 4) is 11.1 Å². The van der Waals surface area contributed by atoms with Gasteiger partial charge in [-0.3, -0.25) is 4.79 Å². The van der Waals surface area contributed by atoms with E-state index in [1.807, 2.05) is 50.2 Å². The summed E-state index contributed by atoms with van der Waals surface area (Å²) in [5.41, 5.74) is 16.8. The Kier molecular flexibility index (Phi) is 4.05. The number of aryl methyl sites for hydroxylation is 1. The van der Waals surface area contributed by atoms with Gasteiger partial charge in [-0.1, -0.05) is 30.3 Å². The molecule has 0 aromatic heterocycles. The zero-order valence-corrected chi connectivity index (χ0v) is 11.7. The van der Waals surface area contributed by atoms with E-state index in [9.17, 15) is 4.79 Å². The molecule has 0 aliphatic heterocycles. The van der Waals surface area contributed by atoms with Crippen LogP contribution in [0.25, 0.3) is 11.1 Å². The van der Waals surface area contributed by atoms with E-state index in [4.69, 9.17) is 11.5 Å². The SMILES string of the molecule is Cc1cc(N)c(C)c(-c2ccccc2)c1NC(=O)CN. The Labute approximate surface area is 118 Å². The minimum atomic E-state index is -0.213. The molecule has 2 aromatic rings. The van der Waals surface area contributed by atoms with Crippen LogP contribution >= 0.6 is 0 Å². The fourth-order valence-corrected chi connectivity index (χ4v) is 2.26. The maximum Gasteiger partial charge on any atom is 0.238 e. The van der Waals surface area contributed by atoms with Gasteiger partial charge in [0.1, 0.15) is 0 Å². The number of nitrogens with one attached hydrogen (secondary N) is 1. The highest BCUT2D eigenvalue weighted by molar-refractivity contribution is 5.99. The van der Waals surface area contributed by atoms with Crippen molar-refractivity contribution < 1.29 is 4.79 Å². The van der Waals surface area contributed by atoms with Gasteiger partial charge in [0, 0.05) is 11.3 Å². The number of carbonyl (C=O) groups is 1. The third-order valence-electron chi connectivity index (χ3n) is 3.34. The van der Waals surface area contributed by atoms with Gasteiger partial charge in [0.25, 0.3) is 0 Å². The number of hydrogen-bond donors (Lipinski definition) is 3. The summed E-state index contributed by atoms with van der Waals surface area (Å²) in [6.45, 7) is 3.83. The summed E-state index contributed by atoms with van der Waals surface area (Å²) in [5.74, 6) is -0.213. The highest BCUT2D eigenvalue weighted by Crippen LogP contribution is 2.37. The van der Waals surface area contributed by atoms with Gasteiger partial charge >= 0.3 is 0 Å². The van der Waals surface area contributed by atoms with Crippen molar-refractivity contribution in [1.82, 2.24) is 0 Å². The molecule has 0 unspecified atom stereocenters. The number of hydrogen-bond acceptors (Lipinski definition) is 3. The number of carbonyl (C=O) groups excluding carboxylic acids is 1. The molecular formula is C16H19N3O. The topological polar surface area (TPSA) is 81.1 Å². The Morgan fingerprint density at radius 1 is 1.20 bits per heavy atom. The standard InChI is InChI=1S/C16H19N3O/c1-10-8-13(18)11(2)15(12-6-4-3-5-7-12)16(10)19-14(20)9-17/h3-8H,9,17-18H2,1-2H3,(H,19,20). The smallest absolute Gasteiger partial charge is 0.238 e. The number of nitrogens with two attached hydrogens (primary N) is 2. The number of amides is 1. The zero-order valence-electron chi connectivity index (χ0n) is 11.7. The van der Waals surface area contributed by atoms with Gasteiger partial charge in [0.2, 0.25) is 5.91 Å². The summed E-state index contributed by atoms with van der Waals surface area (Å²) in [5, 5.41) is 2.88. The van der Waals surface area contributed by atoms with Crippen LogP contribution in [0, 0.1) is 13.8 Å². The van der Waals surface area contributed by atoms with Gasteiger partial charge in [-0.05, 0) is 36.6 Å². The Morgan fingerprint density at radius 3 is 2.45 bits per heavy atom. The van der Waals surface area contributed by atoms with Gasteiger partial charge in [0.05, 0.1) is 12.2 Å². The van der Waals surface area contributed by atoms with Crippen LogP contribution in [0.5, 0.6) is 0 Å². The molecule has 0 atom stereocenters. The first-order valence-electron chi connectivity index (χ1n) is 6.49. The molecule has 4 nitrogen and oxygen atoms in total. The van der Waals surface area contributed by atoms with Crippen LogP contribution in [0.4, 0.5) is 11.4 Å². The first-order valence-corrected chi connectivity index (χ1v) is 6.49. The molecule has 0 aliphatic carbocycles. The lowest BCUT2D eigenvalue weighted by Crippen LogP contribution is -2.23. The molecule has 0 bridgehead atoms. The van der Waals surface area contributed by atoms with Crippen LogP contribution in [0.15, 0.2) is 36.4 Å². The maximum absolute atomic E-state index is 11.6. The molecule has 1 amide bonds. The van der Waals surface area contributed by atoms with E-state index >= 15 is 0 Å². The molecule has 104 valence electrons. The monoisotopic (exact) mass is 269 g/mol. The van der Waals surface area contributed by atoms with Crippen molar-refractivity contribution in [2.75, 3.05) is 17.6 Å². The summed E-state index contributed by atoms with van der Waals surface area (Å²) in [7, 11) is 0. The van der Waals surface area contributed by atoms with Crippen LogP contribution in [-0.2, 0) is 4.79 Å². The third-order valence-corrected chi connectivity index (χ3v) is 3.34. The second-order valence-corrected chi connectivity index (χ2v) is 4.78. The van der Waals surface area contributed by atoms with E-state index in [1.54, 1.807) is 0 Å². The summed E-state index contributed by atoms with van der Waals surface area (Å²) in [6.07, 6.45) is 0. The second-order valence-electron chi connectivity index (χ2n) is 4.78. The largest absolute Gasteiger partial charge is 0.398 e. The minimum Gasteiger partial charge on any atom is -0.398 e. The third kappa shape index (κ3) is 2.65. The zero-order chi connectivity index (χ0) is 14.7. The van der Waals surface area contributed by atoms with Gasteiger partial charge in [-0.25, -0.2) is 0 Å². The molecule has 20 heavy (non-hydrogen) atoms. The van der Waals surface area contributed by atoms with Gasteiger partial charge in [-0.15, -0.1) is 0 Å². The van der Waals surface area contributed by atoms with Crippen molar-refractivity contribution in [2.24, 2.45) is 5.73 Å². The predicted octanol–water partition coefficient (Wildman–Crippen LogP) is 2.45. The molecule has 0 fully saturated rings. The molecule has 0 radical (unpaired) electrons. The molecule has 0 aliphatic rings. The average Bonchev–Trinajstić information content (AvgIpc) is 2.45. The number of anilines is 2. The van der Waals surface area contributed by atoms with Gasteiger partial charge < -0.3 is 16.8 Å². The molecule has 5 N–H and O–H groups in total. The fourth-order valence-electron chi connectivity index (χ4n) is 2.26. The lowest BCUT2D eigenvalue weighted by Gasteiger charge is -2.18. The van der Waals surface area contributed by atoms with E-state index in [2.05, 4.69) is 5.32 Å². The molecule has 0 spiro atoms. The molecule has 0 heterocycles. The van der Waals surface area contributed by atoms with E-state index in [0.717, 1.165) is 27.9 Å². The number of rotatable bonds is 3. The normalized spacial score (nSPS) is 10.3. The van der Waals surface area contributed by atoms with Gasteiger partial charge in [0.15, 0.2) is 0 Å². The van der Waals surface area contributed by atoms with Crippen molar-refractivity contribution in [1.29, 1.82) is 0 Å².